The number of hydrogen-bond acceptors (Lipinski definition) is 5. The second kappa shape index (κ2) is 9.64. The number of fused-ring (bicyclic) bond motifs is 1. The quantitative estimate of drug-likeness (QED) is 0.330. The van der Waals surface area contributed by atoms with Gasteiger partial charge in [0, 0.05) is 17.7 Å². The molecule has 0 heterocycles. The summed E-state index contributed by atoms with van der Waals surface area (Å²) in [5.41, 5.74) is 2.13. The van der Waals surface area contributed by atoms with Gasteiger partial charge in [0.2, 0.25) is 0 Å². The first-order valence-corrected chi connectivity index (χ1v) is 10.5. The molecule has 34 heavy (non-hydrogen) atoms. The van der Waals surface area contributed by atoms with E-state index in [1.807, 2.05) is 24.3 Å². The fourth-order valence-electron chi connectivity index (χ4n) is 3.72. The van der Waals surface area contributed by atoms with Crippen LogP contribution in [0.2, 0.25) is 0 Å². The third kappa shape index (κ3) is 4.84. The Bertz CT molecular complexity index is 1360. The molecule has 4 rings (SSSR count). The van der Waals surface area contributed by atoms with Crippen LogP contribution in [-0.2, 0) is 6.54 Å². The van der Waals surface area contributed by atoms with E-state index in [-0.39, 0.29) is 22.8 Å². The number of aromatic hydroxyl groups is 1. The van der Waals surface area contributed by atoms with Crippen LogP contribution < -0.4 is 10.1 Å². The van der Waals surface area contributed by atoms with Crippen LogP contribution in [0.3, 0.4) is 0 Å². The summed E-state index contributed by atoms with van der Waals surface area (Å²) in [5, 5.41) is 34.6. The molecule has 0 radical (unpaired) electrons. The summed E-state index contributed by atoms with van der Waals surface area (Å²) in [5.74, 6) is -0.713. The van der Waals surface area contributed by atoms with Crippen molar-refractivity contribution in [2.24, 2.45) is 0 Å². The lowest BCUT2D eigenvalue weighted by molar-refractivity contribution is 0.0696. The van der Waals surface area contributed by atoms with E-state index in [1.165, 1.54) is 30.3 Å². The molecule has 1 unspecified atom stereocenters. The van der Waals surface area contributed by atoms with Crippen molar-refractivity contribution in [3.05, 3.63) is 107 Å². The minimum absolute atomic E-state index is 0.0995. The Balaban J connectivity index is 1.57. The minimum Gasteiger partial charge on any atom is -0.508 e. The molecule has 1 amide bonds. The number of aliphatic hydroxyl groups excluding tert-OH is 1. The number of benzene rings is 4. The van der Waals surface area contributed by atoms with Gasteiger partial charge in [-0.1, -0.05) is 30.3 Å². The van der Waals surface area contributed by atoms with Crippen LogP contribution in [0.25, 0.3) is 10.8 Å². The molecular weight excluding hydrogens is 434 g/mol. The number of rotatable bonds is 7. The first-order chi connectivity index (χ1) is 16.4. The molecule has 0 aliphatic carbocycles. The first kappa shape index (κ1) is 22.8. The van der Waals surface area contributed by atoms with Crippen LogP contribution in [0.4, 0.5) is 0 Å². The third-order valence-electron chi connectivity index (χ3n) is 5.60. The number of ether oxygens (including phenoxy) is 1. The molecule has 0 aromatic heterocycles. The molecular formula is C27H23NO6. The van der Waals surface area contributed by atoms with Gasteiger partial charge in [-0.25, -0.2) is 4.79 Å². The number of amides is 1. The first-order valence-electron chi connectivity index (χ1n) is 10.5. The van der Waals surface area contributed by atoms with Crippen molar-refractivity contribution in [2.75, 3.05) is 7.11 Å². The Morgan fingerprint density at radius 2 is 1.65 bits per heavy atom. The maximum atomic E-state index is 12.7. The van der Waals surface area contributed by atoms with Crippen LogP contribution in [-0.4, -0.2) is 34.3 Å². The van der Waals surface area contributed by atoms with E-state index in [9.17, 15) is 19.8 Å². The van der Waals surface area contributed by atoms with Gasteiger partial charge in [0.1, 0.15) is 17.6 Å². The lowest BCUT2D eigenvalue weighted by atomic mass is 9.96. The van der Waals surface area contributed by atoms with Gasteiger partial charge in [0.05, 0.1) is 12.7 Å². The van der Waals surface area contributed by atoms with Gasteiger partial charge in [-0.15, -0.1) is 0 Å². The summed E-state index contributed by atoms with van der Waals surface area (Å²) in [4.78, 5) is 23.8. The number of carbonyl (C=O) groups excluding carboxylic acids is 1. The summed E-state index contributed by atoms with van der Waals surface area (Å²) in [6.45, 7) is 0.333. The van der Waals surface area contributed by atoms with Gasteiger partial charge in [-0.2, -0.15) is 0 Å². The van der Waals surface area contributed by atoms with E-state index < -0.39 is 12.1 Å². The molecule has 4 aromatic rings. The van der Waals surface area contributed by atoms with Crippen LogP contribution in [0.15, 0.2) is 78.9 Å². The van der Waals surface area contributed by atoms with Crippen molar-refractivity contribution in [2.45, 2.75) is 12.6 Å². The number of aliphatic hydroxyl groups is 1. The average molecular weight is 457 g/mol. The number of carbonyl (C=O) groups is 2. The van der Waals surface area contributed by atoms with Gasteiger partial charge < -0.3 is 25.4 Å². The largest absolute Gasteiger partial charge is 0.508 e. The Labute approximate surface area is 195 Å². The summed E-state index contributed by atoms with van der Waals surface area (Å²) in [6.07, 6.45) is -1.17. The molecule has 172 valence electrons. The number of carboxylic acids is 1. The average Bonchev–Trinajstić information content (AvgIpc) is 2.86. The van der Waals surface area contributed by atoms with E-state index >= 15 is 0 Å². The zero-order chi connectivity index (χ0) is 24.2. The number of hydrogen-bond donors (Lipinski definition) is 4. The number of aromatic carboxylic acids is 1. The molecule has 1 atom stereocenters. The second-order valence-corrected chi connectivity index (χ2v) is 7.84. The zero-order valence-corrected chi connectivity index (χ0v) is 18.4. The molecule has 0 aliphatic heterocycles. The monoisotopic (exact) mass is 457 g/mol. The highest BCUT2D eigenvalue weighted by molar-refractivity contribution is 5.99. The van der Waals surface area contributed by atoms with E-state index in [1.54, 1.807) is 31.4 Å². The number of phenolic OH excluding ortho intramolecular Hbond substituents is 1. The van der Waals surface area contributed by atoms with E-state index in [4.69, 9.17) is 9.84 Å². The van der Waals surface area contributed by atoms with Crippen LogP contribution in [0.1, 0.15) is 43.5 Å². The SMILES string of the molecule is COc1cccc(CNC(=O)c2ccc3cc(O)c(C(O)c4ccc(C(=O)O)cc4)cc3c2)c1. The molecule has 4 aromatic carbocycles. The number of methoxy groups -OCH3 is 1. The normalized spacial score (nSPS) is 11.7. The van der Waals surface area contributed by atoms with Crippen molar-refractivity contribution in [1.82, 2.24) is 5.32 Å². The Morgan fingerprint density at radius 3 is 2.35 bits per heavy atom. The third-order valence-corrected chi connectivity index (χ3v) is 5.60. The molecule has 0 aliphatic rings. The number of phenols is 1. The van der Waals surface area contributed by atoms with Gasteiger partial charge in [0.25, 0.3) is 5.91 Å². The van der Waals surface area contributed by atoms with Crippen molar-refractivity contribution in [3.63, 3.8) is 0 Å². The highest BCUT2D eigenvalue weighted by Crippen LogP contribution is 2.33. The van der Waals surface area contributed by atoms with Gasteiger partial charge in [-0.05, 0) is 70.4 Å². The fraction of sp³-hybridized carbons (Fsp3) is 0.111. The molecule has 7 nitrogen and oxygen atoms in total. The lowest BCUT2D eigenvalue weighted by Crippen LogP contribution is -2.22. The Kier molecular flexibility index (Phi) is 6.47. The van der Waals surface area contributed by atoms with Crippen molar-refractivity contribution >= 4 is 22.6 Å². The van der Waals surface area contributed by atoms with E-state index in [0.717, 1.165) is 5.56 Å². The summed E-state index contributed by atoms with van der Waals surface area (Å²) >= 11 is 0. The summed E-state index contributed by atoms with van der Waals surface area (Å²) in [7, 11) is 1.58. The van der Waals surface area contributed by atoms with Crippen LogP contribution in [0.5, 0.6) is 11.5 Å². The lowest BCUT2D eigenvalue weighted by Gasteiger charge is -2.15. The van der Waals surface area contributed by atoms with E-state index in [0.29, 0.717) is 34.2 Å². The van der Waals surface area contributed by atoms with Crippen molar-refractivity contribution < 1.29 is 29.6 Å². The smallest absolute Gasteiger partial charge is 0.335 e. The molecule has 0 spiro atoms. The minimum atomic E-state index is -1.17. The summed E-state index contributed by atoms with van der Waals surface area (Å²) in [6, 6.07) is 21.4. The molecule has 0 saturated heterocycles. The fourth-order valence-corrected chi connectivity index (χ4v) is 3.72. The van der Waals surface area contributed by atoms with Gasteiger partial charge in [0.15, 0.2) is 0 Å². The van der Waals surface area contributed by atoms with Crippen molar-refractivity contribution in [3.8, 4) is 11.5 Å². The van der Waals surface area contributed by atoms with Crippen LogP contribution in [0, 0.1) is 0 Å². The van der Waals surface area contributed by atoms with Crippen LogP contribution >= 0.6 is 0 Å². The Hall–Kier alpha value is -4.36. The molecule has 4 N–H and O–H groups in total. The standard InChI is InChI=1S/C27H23NO6/c1-34-22-4-2-3-16(11-22)15-28-26(31)20-10-9-19-14-24(29)23(13-21(19)12-20)25(30)17-5-7-18(8-6-17)27(32)33/h2-14,25,29-30H,15H2,1H3,(H,28,31)(H,32,33). The second-order valence-electron chi connectivity index (χ2n) is 7.84. The molecule has 7 heteroatoms. The maximum absolute atomic E-state index is 12.7. The highest BCUT2D eigenvalue weighted by atomic mass is 16.5. The summed E-state index contributed by atoms with van der Waals surface area (Å²) < 4.78 is 5.20. The molecule has 0 saturated carbocycles. The number of carboxylic acid groups (broad SMARTS) is 1. The van der Waals surface area contributed by atoms with Crippen molar-refractivity contribution in [1.29, 1.82) is 0 Å². The van der Waals surface area contributed by atoms with Gasteiger partial charge >= 0.3 is 5.97 Å². The van der Waals surface area contributed by atoms with Gasteiger partial charge in [-0.3, -0.25) is 4.79 Å². The zero-order valence-electron chi connectivity index (χ0n) is 18.4. The molecule has 0 bridgehead atoms. The highest BCUT2D eigenvalue weighted by Gasteiger charge is 2.17. The Morgan fingerprint density at radius 1 is 0.912 bits per heavy atom. The maximum Gasteiger partial charge on any atom is 0.335 e. The topological polar surface area (TPSA) is 116 Å². The predicted molar refractivity (Wildman–Crippen MR) is 127 cm³/mol. The number of nitrogens with one attached hydrogen (secondary N) is 1. The van der Waals surface area contributed by atoms with E-state index in [2.05, 4.69) is 5.32 Å². The molecule has 0 fully saturated rings. The predicted octanol–water partition coefficient (Wildman–Crippen LogP) is 4.26.